The third-order valence-electron chi connectivity index (χ3n) is 6.99. The lowest BCUT2D eigenvalue weighted by molar-refractivity contribution is -0.119. The molecule has 38 heavy (non-hydrogen) atoms. The molecular weight excluding hydrogens is 517 g/mol. The van der Waals surface area contributed by atoms with Gasteiger partial charge in [0.2, 0.25) is 5.91 Å². The van der Waals surface area contributed by atoms with Crippen LogP contribution in [-0.4, -0.2) is 52.8 Å². The molecule has 1 aliphatic rings. The molecule has 3 N–H and O–H groups in total. The molecule has 0 saturated heterocycles. The largest absolute Gasteiger partial charge is 0.339 e. The van der Waals surface area contributed by atoms with Crippen molar-refractivity contribution in [1.82, 2.24) is 40.3 Å². The molecule has 0 aliphatic heterocycles. The molecule has 1 fully saturated rings. The molecular formula is C24H31ClFN9O3. The van der Waals surface area contributed by atoms with Crippen LogP contribution in [0.2, 0.25) is 5.15 Å². The molecule has 0 unspecified atom stereocenters. The van der Waals surface area contributed by atoms with Gasteiger partial charge in [-0.15, -0.1) is 10.2 Å². The molecule has 0 radical (unpaired) electrons. The summed E-state index contributed by atoms with van der Waals surface area (Å²) in [6.45, 7) is 7.53. The number of nitrogens with one attached hydrogen (secondary N) is 3. The van der Waals surface area contributed by atoms with Gasteiger partial charge in [-0.1, -0.05) is 36.6 Å². The van der Waals surface area contributed by atoms with Gasteiger partial charge in [0, 0.05) is 11.6 Å². The lowest BCUT2D eigenvalue weighted by Crippen LogP contribution is -2.49. The average molecular weight is 548 g/mol. The van der Waals surface area contributed by atoms with E-state index in [-0.39, 0.29) is 34.1 Å². The second-order valence-electron chi connectivity index (χ2n) is 10.1. The molecule has 3 aromatic rings. The molecule has 204 valence electrons. The fraction of sp³-hybridized carbons (Fsp3) is 0.542. The number of amides is 2. The van der Waals surface area contributed by atoms with E-state index in [0.29, 0.717) is 5.92 Å². The maximum absolute atomic E-state index is 14.8. The second kappa shape index (κ2) is 11.4. The van der Waals surface area contributed by atoms with Gasteiger partial charge < -0.3 is 10.6 Å². The van der Waals surface area contributed by atoms with Crippen molar-refractivity contribution < 1.29 is 14.0 Å². The molecule has 4 rings (SSSR count). The predicted octanol–water partition coefficient (Wildman–Crippen LogP) is 3.10. The summed E-state index contributed by atoms with van der Waals surface area (Å²) < 4.78 is 17.5. The van der Waals surface area contributed by atoms with E-state index >= 15 is 0 Å². The SMILES string of the molecule is CC1CCC([C@H](NC(=O)c2cnnn2C(C)C)C(=O)Nc2cn([C@@H](C)c3cc(Cl)n[nH]c3=O)nc2F)CC1. The van der Waals surface area contributed by atoms with E-state index in [1.54, 1.807) is 6.92 Å². The number of halogens is 2. The lowest BCUT2D eigenvalue weighted by atomic mass is 9.79. The van der Waals surface area contributed by atoms with Gasteiger partial charge in [-0.2, -0.15) is 9.49 Å². The van der Waals surface area contributed by atoms with Crippen LogP contribution < -0.4 is 16.2 Å². The normalized spacial score (nSPS) is 19.2. The van der Waals surface area contributed by atoms with Gasteiger partial charge in [0.05, 0.1) is 18.4 Å². The van der Waals surface area contributed by atoms with Crippen molar-refractivity contribution >= 4 is 29.1 Å². The summed E-state index contributed by atoms with van der Waals surface area (Å²) in [6.07, 6.45) is 5.97. The number of nitrogens with zero attached hydrogens (tertiary/aromatic N) is 6. The number of aromatic amines is 1. The number of carbonyl (C=O) groups is 2. The monoisotopic (exact) mass is 547 g/mol. The highest BCUT2D eigenvalue weighted by molar-refractivity contribution is 6.29. The Morgan fingerprint density at radius 2 is 1.92 bits per heavy atom. The molecule has 0 spiro atoms. The van der Waals surface area contributed by atoms with Crippen molar-refractivity contribution in [3.05, 3.63) is 51.2 Å². The van der Waals surface area contributed by atoms with Gasteiger partial charge in [0.1, 0.15) is 22.6 Å². The molecule has 3 aromatic heterocycles. The molecule has 0 aromatic carbocycles. The number of hydrogen-bond donors (Lipinski definition) is 3. The van der Waals surface area contributed by atoms with E-state index in [1.165, 1.54) is 27.8 Å². The van der Waals surface area contributed by atoms with Crippen LogP contribution >= 0.6 is 11.6 Å². The van der Waals surface area contributed by atoms with Crippen LogP contribution in [0.1, 0.15) is 81.5 Å². The minimum absolute atomic E-state index is 0.0713. The highest BCUT2D eigenvalue weighted by Gasteiger charge is 2.34. The van der Waals surface area contributed by atoms with Crippen LogP contribution in [0.15, 0.2) is 23.3 Å². The zero-order valence-corrected chi connectivity index (χ0v) is 22.4. The average Bonchev–Trinajstić information content (AvgIpc) is 3.51. The zero-order valence-electron chi connectivity index (χ0n) is 21.6. The fourth-order valence-corrected chi connectivity index (χ4v) is 4.89. The van der Waals surface area contributed by atoms with Gasteiger partial charge in [0.15, 0.2) is 0 Å². The summed E-state index contributed by atoms with van der Waals surface area (Å²) in [4.78, 5) is 38.8. The Kier molecular flexibility index (Phi) is 8.24. The predicted molar refractivity (Wildman–Crippen MR) is 137 cm³/mol. The van der Waals surface area contributed by atoms with Crippen LogP contribution in [0.25, 0.3) is 0 Å². The summed E-state index contributed by atoms with van der Waals surface area (Å²) >= 11 is 5.89. The quantitative estimate of drug-likeness (QED) is 0.391. The van der Waals surface area contributed by atoms with Gasteiger partial charge in [-0.25, -0.2) is 9.78 Å². The highest BCUT2D eigenvalue weighted by Crippen LogP contribution is 2.31. The zero-order chi connectivity index (χ0) is 27.6. The molecule has 0 bridgehead atoms. The first kappa shape index (κ1) is 27.4. The maximum Gasteiger partial charge on any atom is 0.271 e. The number of carbonyl (C=O) groups excluding carboxylic acids is 2. The Bertz CT molecular complexity index is 1360. The number of anilines is 1. The molecule has 1 saturated carbocycles. The molecule has 1 aliphatic carbocycles. The van der Waals surface area contributed by atoms with Crippen molar-refractivity contribution in [2.45, 2.75) is 71.5 Å². The second-order valence-corrected chi connectivity index (χ2v) is 10.5. The molecule has 2 atom stereocenters. The summed E-state index contributed by atoms with van der Waals surface area (Å²) in [7, 11) is 0. The van der Waals surface area contributed by atoms with E-state index in [2.05, 4.69) is 43.2 Å². The van der Waals surface area contributed by atoms with Crippen LogP contribution in [0.4, 0.5) is 10.1 Å². The Balaban J connectivity index is 1.56. The van der Waals surface area contributed by atoms with Gasteiger partial charge in [-0.3, -0.25) is 19.1 Å². The Hall–Kier alpha value is -3.61. The van der Waals surface area contributed by atoms with Gasteiger partial charge in [0.25, 0.3) is 17.4 Å². The van der Waals surface area contributed by atoms with Gasteiger partial charge in [-0.05, 0) is 51.5 Å². The molecule has 14 heteroatoms. The Morgan fingerprint density at radius 1 is 1.21 bits per heavy atom. The van der Waals surface area contributed by atoms with E-state index in [4.69, 9.17) is 11.6 Å². The lowest BCUT2D eigenvalue weighted by Gasteiger charge is -2.32. The van der Waals surface area contributed by atoms with Crippen molar-refractivity contribution in [3.8, 4) is 0 Å². The van der Waals surface area contributed by atoms with Crippen LogP contribution in [0.3, 0.4) is 0 Å². The third kappa shape index (κ3) is 5.93. The molecule has 2 amide bonds. The minimum atomic E-state index is -0.925. The van der Waals surface area contributed by atoms with E-state index in [1.807, 2.05) is 13.8 Å². The number of hydrogen-bond acceptors (Lipinski definition) is 7. The summed E-state index contributed by atoms with van der Waals surface area (Å²) in [5.41, 5.74) is -0.207. The first-order valence-electron chi connectivity index (χ1n) is 12.6. The molecule has 3 heterocycles. The first-order valence-corrected chi connectivity index (χ1v) is 12.9. The topological polar surface area (TPSA) is 152 Å². The summed E-state index contributed by atoms with van der Waals surface area (Å²) in [5, 5.41) is 23.0. The maximum atomic E-state index is 14.8. The standard InChI is InChI=1S/C24H31ClFN9O3/c1-12(2)35-18(10-27-33-35)23(37)29-20(15-7-5-13(3)6-8-15)24(38)28-17-11-34(32-21(17)26)14(4)16-9-19(25)30-31-22(16)36/h9-15,20H,5-8H2,1-4H3,(H,28,38)(H,29,37)(H,31,36)/t13?,14-,15?,20-/m0/s1. The minimum Gasteiger partial charge on any atom is -0.339 e. The summed E-state index contributed by atoms with van der Waals surface area (Å²) in [6, 6.07) is -0.341. The van der Waals surface area contributed by atoms with Crippen molar-refractivity contribution in [2.24, 2.45) is 11.8 Å². The van der Waals surface area contributed by atoms with Crippen molar-refractivity contribution in [2.75, 3.05) is 5.32 Å². The number of aromatic nitrogens is 7. The van der Waals surface area contributed by atoms with E-state index in [9.17, 15) is 18.8 Å². The smallest absolute Gasteiger partial charge is 0.271 e. The number of H-pyrrole nitrogens is 1. The van der Waals surface area contributed by atoms with E-state index in [0.717, 1.165) is 25.7 Å². The number of rotatable bonds is 8. The van der Waals surface area contributed by atoms with Crippen molar-refractivity contribution in [3.63, 3.8) is 0 Å². The van der Waals surface area contributed by atoms with Gasteiger partial charge >= 0.3 is 0 Å². The van der Waals surface area contributed by atoms with E-state index < -0.39 is 35.4 Å². The summed E-state index contributed by atoms with van der Waals surface area (Å²) in [5.74, 6) is -1.57. The molecule has 12 nitrogen and oxygen atoms in total. The highest BCUT2D eigenvalue weighted by atomic mass is 35.5. The van der Waals surface area contributed by atoms with Crippen molar-refractivity contribution in [1.29, 1.82) is 0 Å². The Morgan fingerprint density at radius 3 is 2.61 bits per heavy atom. The van der Waals surface area contributed by atoms with Crippen LogP contribution in [0.5, 0.6) is 0 Å². The fourth-order valence-electron chi connectivity index (χ4n) is 4.73. The van der Waals surface area contributed by atoms with Crippen LogP contribution in [-0.2, 0) is 4.79 Å². The first-order chi connectivity index (χ1) is 18.0. The Labute approximate surface area is 223 Å². The van der Waals surface area contributed by atoms with Crippen LogP contribution in [0, 0.1) is 17.8 Å². The third-order valence-corrected chi connectivity index (χ3v) is 7.18.